The van der Waals surface area contributed by atoms with Crippen molar-refractivity contribution in [2.24, 2.45) is 0 Å². The topological polar surface area (TPSA) is 54.9 Å². The zero-order valence-electron chi connectivity index (χ0n) is 8.82. The number of hydrogen-bond acceptors (Lipinski definition) is 4. The minimum Gasteiger partial charge on any atom is -0.338 e. The zero-order valence-corrected chi connectivity index (χ0v) is 12.8. The molecule has 0 saturated carbocycles. The second-order valence-corrected chi connectivity index (χ2v) is 5.33. The molecule has 0 radical (unpaired) electrons. The van der Waals surface area contributed by atoms with Crippen molar-refractivity contribution in [3.05, 3.63) is 44.2 Å². The van der Waals surface area contributed by atoms with Gasteiger partial charge in [0.2, 0.25) is 0 Å². The quantitative estimate of drug-likeness (QED) is 0.629. The first-order chi connectivity index (χ1) is 8.63. The molecule has 0 aliphatic rings. The molecule has 2 aromatic rings. The van der Waals surface area contributed by atoms with E-state index in [0.717, 1.165) is 14.6 Å². The number of rotatable bonds is 3. The van der Waals surface area contributed by atoms with Crippen LogP contribution in [0.4, 0.5) is 11.5 Å². The second kappa shape index (κ2) is 5.77. The Bertz CT molecular complexity index is 587. The van der Waals surface area contributed by atoms with Crippen LogP contribution in [0.1, 0.15) is 10.4 Å². The third-order valence-electron chi connectivity index (χ3n) is 2.16. The van der Waals surface area contributed by atoms with Gasteiger partial charge in [-0.2, -0.15) is 0 Å². The molecule has 0 spiro atoms. The fourth-order valence-corrected chi connectivity index (χ4v) is 2.69. The van der Waals surface area contributed by atoms with Crippen molar-refractivity contribution in [3.8, 4) is 0 Å². The van der Waals surface area contributed by atoms with Crippen LogP contribution in [0.25, 0.3) is 0 Å². The van der Waals surface area contributed by atoms with E-state index in [0.29, 0.717) is 12.1 Å². The lowest BCUT2D eigenvalue weighted by molar-refractivity contribution is 0.112. The Kier molecular flexibility index (Phi) is 4.31. The van der Waals surface area contributed by atoms with Gasteiger partial charge in [-0.15, -0.1) is 0 Å². The summed E-state index contributed by atoms with van der Waals surface area (Å²) in [5, 5.41) is 3.16. The molecule has 4 nitrogen and oxygen atoms in total. The maximum absolute atomic E-state index is 11.0. The number of hydrogen-bond donors (Lipinski definition) is 1. The molecule has 2 rings (SSSR count). The molecule has 92 valence electrons. The molecule has 1 heterocycles. The summed E-state index contributed by atoms with van der Waals surface area (Å²) in [4.78, 5) is 18.7. The van der Waals surface area contributed by atoms with Gasteiger partial charge in [0.05, 0.1) is 11.3 Å². The Labute approximate surface area is 125 Å². The Hall–Kier alpha value is -0.980. The van der Waals surface area contributed by atoms with Crippen LogP contribution in [-0.2, 0) is 0 Å². The van der Waals surface area contributed by atoms with Gasteiger partial charge in [0, 0.05) is 8.95 Å². The largest absolute Gasteiger partial charge is 0.338 e. The highest BCUT2D eigenvalue weighted by Gasteiger charge is 2.12. The Morgan fingerprint density at radius 2 is 1.89 bits per heavy atom. The van der Waals surface area contributed by atoms with Gasteiger partial charge >= 0.3 is 0 Å². The number of nitrogens with one attached hydrogen (secondary N) is 1. The number of anilines is 2. The summed E-state index contributed by atoms with van der Waals surface area (Å²) in [7, 11) is 0. The van der Waals surface area contributed by atoms with Crippen molar-refractivity contribution in [3.63, 3.8) is 0 Å². The molecule has 0 fully saturated rings. The highest BCUT2D eigenvalue weighted by molar-refractivity contribution is 9.11. The summed E-state index contributed by atoms with van der Waals surface area (Å²) >= 11 is 12.7. The maximum Gasteiger partial charge on any atom is 0.156 e. The minimum absolute atomic E-state index is 0.116. The molecule has 0 saturated heterocycles. The first-order valence-electron chi connectivity index (χ1n) is 4.80. The fourth-order valence-electron chi connectivity index (χ4n) is 1.31. The van der Waals surface area contributed by atoms with Gasteiger partial charge in [-0.05, 0) is 44.0 Å². The third kappa shape index (κ3) is 2.71. The van der Waals surface area contributed by atoms with Gasteiger partial charge < -0.3 is 5.32 Å². The second-order valence-electron chi connectivity index (χ2n) is 3.27. The van der Waals surface area contributed by atoms with Crippen LogP contribution in [0.5, 0.6) is 0 Å². The smallest absolute Gasteiger partial charge is 0.156 e. The van der Waals surface area contributed by atoms with Crippen LogP contribution in [-0.4, -0.2) is 16.3 Å². The molecule has 0 unspecified atom stereocenters. The first-order valence-corrected chi connectivity index (χ1v) is 6.76. The number of aldehydes is 1. The number of para-hydroxylation sites is 1. The van der Waals surface area contributed by atoms with Crippen LogP contribution in [0.3, 0.4) is 0 Å². The molecule has 0 aliphatic heterocycles. The fraction of sp³-hybridized carbons (Fsp3) is 0. The van der Waals surface area contributed by atoms with Crippen molar-refractivity contribution in [1.29, 1.82) is 0 Å². The van der Waals surface area contributed by atoms with E-state index >= 15 is 0 Å². The molecule has 0 amide bonds. The molecular weight excluding hydrogens is 385 g/mol. The highest BCUT2D eigenvalue weighted by atomic mass is 79.9. The molecule has 0 bridgehead atoms. The van der Waals surface area contributed by atoms with Crippen LogP contribution in [0, 0.1) is 0 Å². The SMILES string of the molecule is O=Cc1c(Cl)ncnc1Nc1c(Br)cccc1Br. The van der Waals surface area contributed by atoms with Gasteiger partial charge in [-0.25, -0.2) is 9.97 Å². The van der Waals surface area contributed by atoms with Crippen molar-refractivity contribution >= 4 is 61.3 Å². The molecule has 1 N–H and O–H groups in total. The molecule has 1 aromatic heterocycles. The average molecular weight is 391 g/mol. The number of benzene rings is 1. The Balaban J connectivity index is 2.46. The van der Waals surface area contributed by atoms with Crippen LogP contribution in [0.2, 0.25) is 5.15 Å². The predicted molar refractivity (Wildman–Crippen MR) is 77.6 cm³/mol. The van der Waals surface area contributed by atoms with E-state index in [1.807, 2.05) is 18.2 Å². The average Bonchev–Trinajstić information content (AvgIpc) is 2.34. The summed E-state index contributed by atoms with van der Waals surface area (Å²) in [5.41, 5.74) is 0.984. The summed E-state index contributed by atoms with van der Waals surface area (Å²) < 4.78 is 1.67. The zero-order chi connectivity index (χ0) is 13.1. The van der Waals surface area contributed by atoms with Crippen molar-refractivity contribution in [2.75, 3.05) is 5.32 Å². The van der Waals surface area contributed by atoms with Crippen LogP contribution >= 0.6 is 43.5 Å². The van der Waals surface area contributed by atoms with Gasteiger partial charge in [-0.1, -0.05) is 17.7 Å². The number of carbonyl (C=O) groups is 1. The highest BCUT2D eigenvalue weighted by Crippen LogP contribution is 2.33. The van der Waals surface area contributed by atoms with E-state index < -0.39 is 0 Å². The minimum atomic E-state index is 0.116. The summed E-state index contributed by atoms with van der Waals surface area (Å²) in [6.45, 7) is 0. The Morgan fingerprint density at radius 3 is 2.50 bits per heavy atom. The molecule has 0 atom stereocenters. The van der Waals surface area contributed by atoms with Crippen molar-refractivity contribution < 1.29 is 4.79 Å². The van der Waals surface area contributed by atoms with E-state index in [2.05, 4.69) is 47.1 Å². The number of halogens is 3. The van der Waals surface area contributed by atoms with Crippen LogP contribution < -0.4 is 5.32 Å². The summed E-state index contributed by atoms with van der Waals surface area (Å²) in [5.74, 6) is 0.359. The Morgan fingerprint density at radius 1 is 1.22 bits per heavy atom. The molecular formula is C11H6Br2ClN3O. The van der Waals surface area contributed by atoms with Gasteiger partial charge in [-0.3, -0.25) is 4.79 Å². The monoisotopic (exact) mass is 389 g/mol. The first kappa shape index (κ1) is 13.5. The molecule has 1 aromatic carbocycles. The summed E-state index contributed by atoms with van der Waals surface area (Å²) in [6, 6.07) is 5.62. The number of aromatic nitrogens is 2. The van der Waals surface area contributed by atoms with Gasteiger partial charge in [0.25, 0.3) is 0 Å². The molecule has 7 heteroatoms. The van der Waals surface area contributed by atoms with E-state index in [1.54, 1.807) is 0 Å². The standard InChI is InChI=1S/C11H6Br2ClN3O/c12-7-2-1-3-8(13)9(7)17-11-6(4-18)10(14)15-5-16-11/h1-5H,(H,15,16,17). The van der Waals surface area contributed by atoms with E-state index in [4.69, 9.17) is 11.6 Å². The predicted octanol–water partition coefficient (Wildman–Crippen LogP) is 4.21. The number of carbonyl (C=O) groups excluding carboxylic acids is 1. The van der Waals surface area contributed by atoms with Crippen molar-refractivity contribution in [1.82, 2.24) is 9.97 Å². The van der Waals surface area contributed by atoms with E-state index in [-0.39, 0.29) is 10.7 Å². The van der Waals surface area contributed by atoms with Gasteiger partial charge in [0.15, 0.2) is 6.29 Å². The maximum atomic E-state index is 11.0. The van der Waals surface area contributed by atoms with E-state index in [1.165, 1.54) is 6.33 Å². The summed E-state index contributed by atoms with van der Waals surface area (Å²) in [6.07, 6.45) is 1.91. The normalized spacial score (nSPS) is 10.2. The van der Waals surface area contributed by atoms with Gasteiger partial charge in [0.1, 0.15) is 17.3 Å². The lowest BCUT2D eigenvalue weighted by Crippen LogP contribution is -2.01. The molecule has 18 heavy (non-hydrogen) atoms. The lowest BCUT2D eigenvalue weighted by Gasteiger charge is -2.11. The lowest BCUT2D eigenvalue weighted by atomic mass is 10.3. The van der Waals surface area contributed by atoms with E-state index in [9.17, 15) is 4.79 Å². The molecule has 0 aliphatic carbocycles. The van der Waals surface area contributed by atoms with Crippen molar-refractivity contribution in [2.45, 2.75) is 0 Å². The number of nitrogens with zero attached hydrogens (tertiary/aromatic N) is 2. The third-order valence-corrected chi connectivity index (χ3v) is 3.78. The van der Waals surface area contributed by atoms with Crippen LogP contribution in [0.15, 0.2) is 33.5 Å².